The van der Waals surface area contributed by atoms with Crippen LogP contribution in [0.4, 0.5) is 26.3 Å². The quantitative estimate of drug-likeness (QED) is 0.271. The molecule has 1 aliphatic carbocycles. The maximum atomic E-state index is 15.0. The topological polar surface area (TPSA) is 0 Å². The molecule has 0 saturated heterocycles. The molecule has 0 spiro atoms. The maximum absolute atomic E-state index is 15.0. The minimum atomic E-state index is -5.59. The van der Waals surface area contributed by atoms with E-state index in [0.717, 1.165) is 28.7 Å². The first-order valence-corrected chi connectivity index (χ1v) is 10.7. The van der Waals surface area contributed by atoms with E-state index in [1.165, 1.54) is 19.9 Å². The van der Waals surface area contributed by atoms with E-state index < -0.39 is 28.9 Å². The van der Waals surface area contributed by atoms with Crippen molar-refractivity contribution in [3.8, 4) is 22.8 Å². The largest absolute Gasteiger partial charge is 0.380 e. The summed E-state index contributed by atoms with van der Waals surface area (Å²) in [6.45, 7) is 2.85. The van der Waals surface area contributed by atoms with Crippen molar-refractivity contribution in [1.29, 1.82) is 0 Å². The smallest absolute Gasteiger partial charge is 0.194 e. The molecule has 0 bridgehead atoms. The van der Waals surface area contributed by atoms with E-state index in [-0.39, 0.29) is 25.8 Å². The van der Waals surface area contributed by atoms with Gasteiger partial charge in [-0.3, -0.25) is 0 Å². The van der Waals surface area contributed by atoms with Crippen LogP contribution < -0.4 is 0 Å². The summed E-state index contributed by atoms with van der Waals surface area (Å²) < 4.78 is 88.8. The maximum Gasteiger partial charge on any atom is 0.380 e. The van der Waals surface area contributed by atoms with Gasteiger partial charge in [0, 0.05) is 25.8 Å². The number of halogens is 6. The van der Waals surface area contributed by atoms with E-state index in [1.807, 2.05) is 0 Å². The van der Waals surface area contributed by atoms with Gasteiger partial charge in [0.05, 0.1) is 4.88 Å². The zero-order valence-electron chi connectivity index (χ0n) is 16.2. The lowest BCUT2D eigenvalue weighted by Gasteiger charge is -2.25. The molecule has 8 heteroatoms. The average molecular weight is 468 g/mol. The normalized spacial score (nSPS) is 18.9. The van der Waals surface area contributed by atoms with E-state index in [1.54, 1.807) is 30.3 Å². The summed E-state index contributed by atoms with van der Waals surface area (Å²) in [5.74, 6) is -13.5. The monoisotopic (exact) mass is 468 g/mol. The minimum absolute atomic E-state index is 0.171. The van der Waals surface area contributed by atoms with Crippen molar-refractivity contribution < 1.29 is 26.3 Å². The Kier molecular flexibility index (Phi) is 4.91. The molecule has 4 rings (SSSR count). The number of thiophene rings is 2. The van der Waals surface area contributed by atoms with Crippen LogP contribution in [0.5, 0.6) is 0 Å². The predicted octanol–water partition coefficient (Wildman–Crippen LogP) is 7.91. The third kappa shape index (κ3) is 2.98. The highest BCUT2D eigenvalue weighted by molar-refractivity contribution is 7.15. The number of hydrogen-bond acceptors (Lipinski definition) is 2. The fourth-order valence-electron chi connectivity index (χ4n) is 3.71. The lowest BCUT2D eigenvalue weighted by molar-refractivity contribution is -0.254. The fraction of sp³-hybridized carbons (Fsp3) is 0.217. The van der Waals surface area contributed by atoms with Crippen molar-refractivity contribution in [2.75, 3.05) is 0 Å². The molecule has 0 radical (unpaired) electrons. The Labute approximate surface area is 182 Å². The fourth-order valence-corrected chi connectivity index (χ4v) is 5.58. The molecule has 3 aromatic rings. The van der Waals surface area contributed by atoms with Crippen LogP contribution in [0.25, 0.3) is 21.6 Å². The predicted molar refractivity (Wildman–Crippen MR) is 113 cm³/mol. The molecule has 0 fully saturated rings. The van der Waals surface area contributed by atoms with Gasteiger partial charge < -0.3 is 0 Å². The number of benzene rings is 1. The van der Waals surface area contributed by atoms with Crippen LogP contribution in [0.2, 0.25) is 0 Å². The Morgan fingerprint density at radius 2 is 1.29 bits per heavy atom. The standard InChI is InChI=1S/C23H14F6S2/c1-4-15-10-16(12(2)30-15)19-20(22(26,27)23(28,29)21(19,24)25)17-11-18(31-13(17)3)14-8-6-5-7-9-14/h1,5-11H,2-3H3. The molecule has 0 saturated carbocycles. The van der Waals surface area contributed by atoms with Crippen LogP contribution in [-0.2, 0) is 0 Å². The molecule has 2 aromatic heterocycles. The molecule has 0 aliphatic heterocycles. The van der Waals surface area contributed by atoms with Crippen LogP contribution in [-0.4, -0.2) is 17.8 Å². The Morgan fingerprint density at radius 1 is 0.774 bits per heavy atom. The summed E-state index contributed by atoms with van der Waals surface area (Å²) in [5, 5.41) is 0. The van der Waals surface area contributed by atoms with Gasteiger partial charge in [0.25, 0.3) is 0 Å². The van der Waals surface area contributed by atoms with Gasteiger partial charge in [-0.25, -0.2) is 0 Å². The van der Waals surface area contributed by atoms with Gasteiger partial charge in [-0.05, 0) is 42.7 Å². The number of terminal acetylenes is 1. The van der Waals surface area contributed by atoms with E-state index in [9.17, 15) is 26.3 Å². The van der Waals surface area contributed by atoms with Gasteiger partial charge in [-0.15, -0.1) is 29.1 Å². The highest BCUT2D eigenvalue weighted by Crippen LogP contribution is 2.65. The summed E-state index contributed by atoms with van der Waals surface area (Å²) in [7, 11) is 0. The summed E-state index contributed by atoms with van der Waals surface area (Å²) in [6.07, 6.45) is 5.30. The Hall–Kier alpha value is -2.50. The van der Waals surface area contributed by atoms with Crippen molar-refractivity contribution in [3.05, 3.63) is 68.2 Å². The van der Waals surface area contributed by atoms with Crippen LogP contribution in [0.1, 0.15) is 25.8 Å². The number of rotatable bonds is 3. The SMILES string of the molecule is C#Cc1cc(C2=C(c3cc(-c4ccccc4)sc3C)C(F)(F)C(F)(F)C2(F)F)c(C)s1. The third-order valence-corrected chi connectivity index (χ3v) is 7.32. The first-order valence-electron chi connectivity index (χ1n) is 9.05. The summed E-state index contributed by atoms with van der Waals surface area (Å²) in [4.78, 5) is 1.12. The second kappa shape index (κ2) is 7.01. The Bertz CT molecular complexity index is 1240. The number of alkyl halides is 6. The summed E-state index contributed by atoms with van der Waals surface area (Å²) in [5.41, 5.74) is -2.72. The molecular weight excluding hydrogens is 454 g/mol. The zero-order chi connectivity index (χ0) is 22.8. The molecule has 0 amide bonds. The highest BCUT2D eigenvalue weighted by atomic mass is 32.1. The van der Waals surface area contributed by atoms with E-state index in [2.05, 4.69) is 5.92 Å². The lowest BCUT2D eigenvalue weighted by atomic mass is 9.95. The van der Waals surface area contributed by atoms with Gasteiger partial charge in [0.2, 0.25) is 0 Å². The lowest BCUT2D eigenvalue weighted by Crippen LogP contribution is -2.48. The van der Waals surface area contributed by atoms with Gasteiger partial charge in [0.15, 0.2) is 0 Å². The molecular formula is C23H14F6S2. The van der Waals surface area contributed by atoms with Crippen LogP contribution in [0.3, 0.4) is 0 Å². The van der Waals surface area contributed by atoms with Crippen LogP contribution in [0, 0.1) is 26.2 Å². The number of aryl methyl sites for hydroxylation is 2. The molecule has 0 atom stereocenters. The second-order valence-corrected chi connectivity index (χ2v) is 9.66. The van der Waals surface area contributed by atoms with Gasteiger partial charge >= 0.3 is 17.8 Å². The summed E-state index contributed by atoms with van der Waals surface area (Å²) in [6, 6.07) is 11.1. The van der Waals surface area contributed by atoms with Gasteiger partial charge in [-0.2, -0.15) is 26.3 Å². The summed E-state index contributed by atoms with van der Waals surface area (Å²) >= 11 is 1.99. The van der Waals surface area contributed by atoms with Crippen molar-refractivity contribution >= 4 is 33.8 Å². The molecule has 1 aliphatic rings. The van der Waals surface area contributed by atoms with Crippen molar-refractivity contribution in [3.63, 3.8) is 0 Å². The van der Waals surface area contributed by atoms with Crippen LogP contribution >= 0.6 is 22.7 Å². The van der Waals surface area contributed by atoms with Gasteiger partial charge in [-0.1, -0.05) is 36.3 Å². The Morgan fingerprint density at radius 3 is 1.81 bits per heavy atom. The molecule has 1 aromatic carbocycles. The molecule has 0 nitrogen and oxygen atoms in total. The number of hydrogen-bond donors (Lipinski definition) is 0. The average Bonchev–Trinajstić information content (AvgIpc) is 3.30. The van der Waals surface area contributed by atoms with Gasteiger partial charge in [0.1, 0.15) is 0 Å². The molecule has 0 unspecified atom stereocenters. The second-order valence-electron chi connectivity index (χ2n) is 7.14. The number of allylic oxidation sites excluding steroid dienone is 2. The molecule has 160 valence electrons. The first-order chi connectivity index (χ1) is 14.4. The zero-order valence-corrected chi connectivity index (χ0v) is 17.8. The molecule has 31 heavy (non-hydrogen) atoms. The van der Waals surface area contributed by atoms with Crippen LogP contribution in [0.15, 0.2) is 42.5 Å². The minimum Gasteiger partial charge on any atom is -0.194 e. The van der Waals surface area contributed by atoms with Crippen molar-refractivity contribution in [1.82, 2.24) is 0 Å². The third-order valence-electron chi connectivity index (χ3n) is 5.24. The van der Waals surface area contributed by atoms with Crippen molar-refractivity contribution in [2.45, 2.75) is 31.6 Å². The Balaban J connectivity index is 2.06. The van der Waals surface area contributed by atoms with E-state index in [0.29, 0.717) is 10.4 Å². The van der Waals surface area contributed by atoms with E-state index >= 15 is 0 Å². The highest BCUT2D eigenvalue weighted by Gasteiger charge is 2.80. The van der Waals surface area contributed by atoms with Crippen molar-refractivity contribution in [2.24, 2.45) is 0 Å². The molecule has 0 N–H and O–H groups in total. The molecule has 2 heterocycles. The van der Waals surface area contributed by atoms with E-state index in [4.69, 9.17) is 6.42 Å². The first kappa shape index (κ1) is 21.7.